The number of halogens is 1. The Morgan fingerprint density at radius 3 is 2.61 bits per heavy atom. The van der Waals surface area contributed by atoms with Crippen molar-refractivity contribution in [2.45, 2.75) is 25.8 Å². The summed E-state index contributed by atoms with van der Waals surface area (Å²) in [6.07, 6.45) is 1.55. The Morgan fingerprint density at radius 1 is 1.12 bits per heavy atom. The summed E-state index contributed by atoms with van der Waals surface area (Å²) in [6, 6.07) is 16.7. The highest BCUT2D eigenvalue weighted by Crippen LogP contribution is 2.34. The second-order valence-electron chi connectivity index (χ2n) is 8.01. The van der Waals surface area contributed by atoms with Gasteiger partial charge < -0.3 is 14.5 Å². The van der Waals surface area contributed by atoms with Crippen LogP contribution in [0.1, 0.15) is 40.2 Å². The third-order valence-electron chi connectivity index (χ3n) is 5.76. The van der Waals surface area contributed by atoms with E-state index in [1.807, 2.05) is 41.5 Å². The maximum Gasteiger partial charge on any atom is 0.254 e. The number of fused-ring (bicyclic) bond motifs is 1. The summed E-state index contributed by atoms with van der Waals surface area (Å²) in [5.41, 5.74) is 1.66. The molecule has 7 heteroatoms. The summed E-state index contributed by atoms with van der Waals surface area (Å²) in [6.45, 7) is 3.36. The first kappa shape index (κ1) is 23.0. The van der Waals surface area contributed by atoms with Gasteiger partial charge in [0.15, 0.2) is 0 Å². The molecule has 1 aliphatic rings. The van der Waals surface area contributed by atoms with Crippen molar-refractivity contribution < 1.29 is 18.7 Å². The van der Waals surface area contributed by atoms with E-state index in [-0.39, 0.29) is 36.8 Å². The molecule has 172 valence electrons. The molecule has 2 aromatic carbocycles. The number of ether oxygens (including phenoxy) is 1. The average molecular weight is 467 g/mol. The molecular formula is C26H27FN2O3S. The molecule has 1 unspecified atom stereocenters. The van der Waals surface area contributed by atoms with Gasteiger partial charge in [-0.05, 0) is 66.2 Å². The molecule has 33 heavy (non-hydrogen) atoms. The fourth-order valence-corrected chi connectivity index (χ4v) is 5.05. The maximum atomic E-state index is 13.4. The van der Waals surface area contributed by atoms with E-state index in [2.05, 4.69) is 0 Å². The molecule has 0 fully saturated rings. The first-order valence-electron chi connectivity index (χ1n) is 11.1. The minimum atomic E-state index is -0.323. The number of carbonyl (C=O) groups is 2. The molecule has 2 amide bonds. The Balaban J connectivity index is 1.51. The monoisotopic (exact) mass is 466 g/mol. The van der Waals surface area contributed by atoms with Crippen LogP contribution in [-0.2, 0) is 11.2 Å². The maximum absolute atomic E-state index is 13.4. The lowest BCUT2D eigenvalue weighted by Gasteiger charge is -2.37. The van der Waals surface area contributed by atoms with Crippen molar-refractivity contribution in [3.05, 3.63) is 87.9 Å². The molecule has 0 saturated carbocycles. The number of hydrogen-bond acceptors (Lipinski definition) is 4. The number of hydrogen-bond donors (Lipinski definition) is 0. The average Bonchev–Trinajstić information content (AvgIpc) is 3.32. The molecule has 2 heterocycles. The highest BCUT2D eigenvalue weighted by molar-refractivity contribution is 7.10. The van der Waals surface area contributed by atoms with Crippen LogP contribution in [0.3, 0.4) is 0 Å². The molecular weight excluding hydrogens is 439 g/mol. The van der Waals surface area contributed by atoms with Crippen molar-refractivity contribution in [2.75, 3.05) is 26.2 Å². The van der Waals surface area contributed by atoms with E-state index in [4.69, 9.17) is 4.74 Å². The number of thiophene rings is 1. The van der Waals surface area contributed by atoms with Crippen LogP contribution < -0.4 is 4.74 Å². The van der Waals surface area contributed by atoms with E-state index >= 15 is 0 Å². The highest BCUT2D eigenvalue weighted by atomic mass is 32.1. The normalized spacial score (nSPS) is 15.1. The lowest BCUT2D eigenvalue weighted by molar-refractivity contribution is -0.135. The molecule has 1 aromatic heterocycles. The zero-order valence-electron chi connectivity index (χ0n) is 18.6. The molecule has 1 aliphatic heterocycles. The zero-order chi connectivity index (χ0) is 23.2. The largest absolute Gasteiger partial charge is 0.491 e. The van der Waals surface area contributed by atoms with Crippen LogP contribution in [0.15, 0.2) is 66.0 Å². The predicted molar refractivity (Wildman–Crippen MR) is 127 cm³/mol. The molecule has 0 N–H and O–H groups in total. The van der Waals surface area contributed by atoms with E-state index < -0.39 is 0 Å². The van der Waals surface area contributed by atoms with E-state index in [1.165, 1.54) is 17.0 Å². The van der Waals surface area contributed by atoms with Crippen molar-refractivity contribution in [3.8, 4) is 5.75 Å². The van der Waals surface area contributed by atoms with Gasteiger partial charge in [-0.25, -0.2) is 4.39 Å². The molecule has 1 atom stereocenters. The lowest BCUT2D eigenvalue weighted by Crippen LogP contribution is -2.48. The fraction of sp³-hybridized carbons (Fsp3) is 0.308. The molecule has 0 bridgehead atoms. The van der Waals surface area contributed by atoms with Crippen molar-refractivity contribution in [3.63, 3.8) is 0 Å². The van der Waals surface area contributed by atoms with Crippen molar-refractivity contribution in [2.24, 2.45) is 0 Å². The summed E-state index contributed by atoms with van der Waals surface area (Å²) < 4.78 is 19.2. The Labute approximate surface area is 197 Å². The fourth-order valence-electron chi connectivity index (χ4n) is 4.12. The first-order chi connectivity index (χ1) is 16.1. The van der Waals surface area contributed by atoms with Gasteiger partial charge in [0.2, 0.25) is 5.91 Å². The van der Waals surface area contributed by atoms with Crippen molar-refractivity contribution in [1.29, 1.82) is 0 Å². The van der Waals surface area contributed by atoms with Crippen LogP contribution in [0.5, 0.6) is 5.75 Å². The smallest absolute Gasteiger partial charge is 0.254 e. The van der Waals surface area contributed by atoms with E-state index in [1.54, 1.807) is 40.5 Å². The number of amides is 2. The number of benzene rings is 2. The van der Waals surface area contributed by atoms with E-state index in [0.29, 0.717) is 24.4 Å². The molecule has 0 radical (unpaired) electrons. The minimum Gasteiger partial charge on any atom is -0.491 e. The predicted octanol–water partition coefficient (Wildman–Crippen LogP) is 4.94. The molecule has 5 nitrogen and oxygen atoms in total. The third-order valence-corrected chi connectivity index (χ3v) is 6.76. The second kappa shape index (κ2) is 10.6. The Kier molecular flexibility index (Phi) is 7.40. The van der Waals surface area contributed by atoms with Crippen LogP contribution in [-0.4, -0.2) is 47.9 Å². The van der Waals surface area contributed by atoms with Crippen molar-refractivity contribution in [1.82, 2.24) is 9.80 Å². The summed E-state index contributed by atoms with van der Waals surface area (Å²) in [7, 11) is 0. The standard InChI is InChI=1S/C26H27FN2O3S/c1-2-14-28(26(31)19-6-4-3-5-7-19)17-25(30)29-15-12-24-22(13-16-33-24)23(29)18-32-21-10-8-20(27)9-11-21/h3-11,13,16,23H,2,12,14-15,17-18H2,1H3. The topological polar surface area (TPSA) is 49.9 Å². The van der Waals surface area contributed by atoms with E-state index in [0.717, 1.165) is 18.4 Å². The minimum absolute atomic E-state index is 0.0219. The number of nitrogens with zero attached hydrogens (tertiary/aromatic N) is 2. The molecule has 3 aromatic rings. The molecule has 4 rings (SSSR count). The van der Waals surface area contributed by atoms with Gasteiger partial charge in [-0.2, -0.15) is 0 Å². The summed E-state index contributed by atoms with van der Waals surface area (Å²) >= 11 is 1.68. The summed E-state index contributed by atoms with van der Waals surface area (Å²) in [5, 5.41) is 2.03. The SMILES string of the molecule is CCCN(CC(=O)N1CCc2sccc2C1COc1ccc(F)cc1)C(=O)c1ccccc1. The first-order valence-corrected chi connectivity index (χ1v) is 12.0. The van der Waals surface area contributed by atoms with Crippen LogP contribution in [0.2, 0.25) is 0 Å². The van der Waals surface area contributed by atoms with Gasteiger partial charge in [-0.15, -0.1) is 11.3 Å². The number of carbonyl (C=O) groups excluding carboxylic acids is 2. The Hall–Kier alpha value is -3.19. The van der Waals surface area contributed by atoms with Crippen LogP contribution in [0.25, 0.3) is 0 Å². The van der Waals surface area contributed by atoms with Crippen molar-refractivity contribution >= 4 is 23.2 Å². The van der Waals surface area contributed by atoms with Gasteiger partial charge in [-0.3, -0.25) is 9.59 Å². The van der Waals surface area contributed by atoms with E-state index in [9.17, 15) is 14.0 Å². The van der Waals surface area contributed by atoms with Gasteiger partial charge in [0.1, 0.15) is 24.7 Å². The summed E-state index contributed by atoms with van der Waals surface area (Å²) in [5.74, 6) is -0.00973. The quantitative estimate of drug-likeness (QED) is 0.472. The van der Waals surface area contributed by atoms with Gasteiger partial charge in [0.25, 0.3) is 5.91 Å². The molecule has 0 spiro atoms. The second-order valence-corrected chi connectivity index (χ2v) is 9.01. The van der Waals surface area contributed by atoms with Gasteiger partial charge in [0, 0.05) is 23.5 Å². The van der Waals surface area contributed by atoms with Crippen LogP contribution in [0, 0.1) is 5.82 Å². The van der Waals surface area contributed by atoms with Crippen LogP contribution >= 0.6 is 11.3 Å². The third kappa shape index (κ3) is 5.42. The molecule has 0 saturated heterocycles. The highest BCUT2D eigenvalue weighted by Gasteiger charge is 2.33. The number of rotatable bonds is 8. The van der Waals surface area contributed by atoms with Gasteiger partial charge in [-0.1, -0.05) is 25.1 Å². The van der Waals surface area contributed by atoms with Crippen LogP contribution in [0.4, 0.5) is 4.39 Å². The zero-order valence-corrected chi connectivity index (χ0v) is 19.4. The molecule has 0 aliphatic carbocycles. The Bertz CT molecular complexity index is 1080. The van der Waals surface area contributed by atoms with Gasteiger partial charge >= 0.3 is 0 Å². The Morgan fingerprint density at radius 2 is 1.88 bits per heavy atom. The van der Waals surface area contributed by atoms with Gasteiger partial charge in [0.05, 0.1) is 6.04 Å². The lowest BCUT2D eigenvalue weighted by atomic mass is 10.0. The summed E-state index contributed by atoms with van der Waals surface area (Å²) in [4.78, 5) is 31.2.